The topological polar surface area (TPSA) is 29.5 Å². The van der Waals surface area contributed by atoms with Gasteiger partial charge in [0.05, 0.1) is 13.2 Å². The molecule has 0 saturated heterocycles. The molecule has 0 amide bonds. The lowest BCUT2D eigenvalue weighted by atomic mass is 10.00. The summed E-state index contributed by atoms with van der Waals surface area (Å²) in [5.74, 6) is 2.24. The minimum atomic E-state index is -0.237. The molecule has 0 bridgehead atoms. The van der Waals surface area contributed by atoms with Gasteiger partial charge in [-0.2, -0.15) is 0 Å². The van der Waals surface area contributed by atoms with Crippen LogP contribution in [0.5, 0.6) is 5.75 Å². The number of hydrogen-bond acceptors (Lipinski definition) is 2. The molecular weight excluding hydrogens is 272 g/mol. The normalized spacial score (nSPS) is 12.5. The van der Waals surface area contributed by atoms with Crippen LogP contribution in [0.25, 0.3) is 6.08 Å². The van der Waals surface area contributed by atoms with Crippen LogP contribution in [0.3, 0.4) is 0 Å². The second kappa shape index (κ2) is 11.3. The molecule has 2 heteroatoms. The van der Waals surface area contributed by atoms with Gasteiger partial charge in [-0.25, -0.2) is 0 Å². The summed E-state index contributed by atoms with van der Waals surface area (Å²) in [7, 11) is 1.69. The van der Waals surface area contributed by atoms with Crippen LogP contribution in [-0.4, -0.2) is 18.3 Å². The average molecular weight is 306 g/mol. The van der Waals surface area contributed by atoms with E-state index >= 15 is 0 Å². The number of aliphatic hydroxyl groups is 1. The van der Waals surface area contributed by atoms with Gasteiger partial charge in [-0.05, 0) is 49.3 Å². The van der Waals surface area contributed by atoms with E-state index in [4.69, 9.17) is 4.74 Å². The molecule has 1 aromatic carbocycles. The summed E-state index contributed by atoms with van der Waals surface area (Å²) >= 11 is 0. The van der Waals surface area contributed by atoms with E-state index in [0.717, 1.165) is 30.1 Å². The largest absolute Gasteiger partial charge is 0.496 e. The molecule has 0 heterocycles. The lowest BCUT2D eigenvalue weighted by Gasteiger charge is -2.10. The predicted molar refractivity (Wildman–Crippen MR) is 97.5 cm³/mol. The van der Waals surface area contributed by atoms with Crippen molar-refractivity contribution in [1.29, 1.82) is 0 Å². The highest BCUT2D eigenvalue weighted by Crippen LogP contribution is 2.25. The SMILES string of the molecule is CC(C)C.COc1ccc(C(C)C)cc1/C=C/CC[C@H](C)O. The van der Waals surface area contributed by atoms with Gasteiger partial charge in [-0.1, -0.05) is 52.8 Å². The Morgan fingerprint density at radius 1 is 1.09 bits per heavy atom. The molecule has 1 rings (SSSR count). The third kappa shape index (κ3) is 9.62. The Bertz CT molecular complexity index is 429. The van der Waals surface area contributed by atoms with Crippen molar-refractivity contribution in [1.82, 2.24) is 0 Å². The van der Waals surface area contributed by atoms with E-state index in [-0.39, 0.29) is 6.10 Å². The zero-order valence-electron chi connectivity index (χ0n) is 15.4. The van der Waals surface area contributed by atoms with Crippen LogP contribution in [0.2, 0.25) is 0 Å². The molecule has 22 heavy (non-hydrogen) atoms. The van der Waals surface area contributed by atoms with Gasteiger partial charge in [0.1, 0.15) is 5.75 Å². The number of benzene rings is 1. The number of hydrogen-bond donors (Lipinski definition) is 1. The highest BCUT2D eigenvalue weighted by molar-refractivity contribution is 5.58. The Kier molecular flexibility index (Phi) is 10.7. The predicted octanol–water partition coefficient (Wildman–Crippen LogP) is 5.66. The van der Waals surface area contributed by atoms with Crippen molar-refractivity contribution in [2.75, 3.05) is 7.11 Å². The van der Waals surface area contributed by atoms with E-state index in [0.29, 0.717) is 5.92 Å². The van der Waals surface area contributed by atoms with Crippen molar-refractivity contribution in [2.24, 2.45) is 5.92 Å². The number of aliphatic hydroxyl groups excluding tert-OH is 1. The summed E-state index contributed by atoms with van der Waals surface area (Å²) in [6, 6.07) is 6.29. The summed E-state index contributed by atoms with van der Waals surface area (Å²) in [6.07, 6.45) is 5.61. The van der Waals surface area contributed by atoms with Crippen LogP contribution in [0, 0.1) is 5.92 Å². The first-order chi connectivity index (χ1) is 10.3. The van der Waals surface area contributed by atoms with Crippen molar-refractivity contribution in [3.63, 3.8) is 0 Å². The summed E-state index contributed by atoms with van der Waals surface area (Å²) in [5.41, 5.74) is 2.42. The van der Waals surface area contributed by atoms with Crippen LogP contribution in [0.15, 0.2) is 24.3 Å². The molecule has 0 saturated carbocycles. The van der Waals surface area contributed by atoms with Gasteiger partial charge in [-0.15, -0.1) is 0 Å². The molecule has 1 N–H and O–H groups in total. The molecule has 0 aliphatic heterocycles. The fourth-order valence-corrected chi connectivity index (χ4v) is 1.79. The first-order valence-electron chi connectivity index (χ1n) is 8.30. The van der Waals surface area contributed by atoms with Crippen LogP contribution in [0.1, 0.15) is 71.4 Å². The molecular formula is C20H34O2. The van der Waals surface area contributed by atoms with Gasteiger partial charge in [0.2, 0.25) is 0 Å². The summed E-state index contributed by atoms with van der Waals surface area (Å²) < 4.78 is 5.36. The summed E-state index contributed by atoms with van der Waals surface area (Å²) in [6.45, 7) is 12.7. The quantitative estimate of drug-likeness (QED) is 0.735. The highest BCUT2D eigenvalue weighted by Gasteiger charge is 2.04. The number of rotatable bonds is 6. The molecule has 0 aliphatic carbocycles. The molecule has 0 spiro atoms. The van der Waals surface area contributed by atoms with Crippen LogP contribution < -0.4 is 4.74 Å². The summed E-state index contributed by atoms with van der Waals surface area (Å²) in [5, 5.41) is 9.21. The fraction of sp³-hybridized carbons (Fsp3) is 0.600. The first kappa shape index (κ1) is 20.7. The highest BCUT2D eigenvalue weighted by atomic mass is 16.5. The minimum absolute atomic E-state index is 0.237. The molecule has 1 atom stereocenters. The fourth-order valence-electron chi connectivity index (χ4n) is 1.79. The average Bonchev–Trinajstić information content (AvgIpc) is 2.42. The molecule has 2 nitrogen and oxygen atoms in total. The maximum absolute atomic E-state index is 9.21. The Morgan fingerprint density at radius 2 is 1.68 bits per heavy atom. The van der Waals surface area contributed by atoms with Gasteiger partial charge >= 0.3 is 0 Å². The van der Waals surface area contributed by atoms with Crippen LogP contribution >= 0.6 is 0 Å². The Labute approximate surface area is 137 Å². The molecule has 0 aliphatic rings. The monoisotopic (exact) mass is 306 g/mol. The maximum Gasteiger partial charge on any atom is 0.126 e. The molecule has 126 valence electrons. The van der Waals surface area contributed by atoms with E-state index in [1.165, 1.54) is 5.56 Å². The third-order valence-corrected chi connectivity index (χ3v) is 2.97. The van der Waals surface area contributed by atoms with Crippen LogP contribution in [-0.2, 0) is 0 Å². The van der Waals surface area contributed by atoms with E-state index in [9.17, 15) is 5.11 Å². The molecule has 0 fully saturated rings. The van der Waals surface area contributed by atoms with E-state index in [1.54, 1.807) is 7.11 Å². The van der Waals surface area contributed by atoms with E-state index in [2.05, 4.69) is 58.9 Å². The lowest BCUT2D eigenvalue weighted by molar-refractivity contribution is 0.186. The molecule has 0 radical (unpaired) electrons. The van der Waals surface area contributed by atoms with E-state index < -0.39 is 0 Å². The smallest absolute Gasteiger partial charge is 0.126 e. The first-order valence-corrected chi connectivity index (χ1v) is 8.30. The van der Waals surface area contributed by atoms with Crippen molar-refractivity contribution in [3.05, 3.63) is 35.4 Å². The molecule has 0 unspecified atom stereocenters. The van der Waals surface area contributed by atoms with Gasteiger partial charge in [0, 0.05) is 5.56 Å². The van der Waals surface area contributed by atoms with Gasteiger partial charge in [-0.3, -0.25) is 0 Å². The van der Waals surface area contributed by atoms with Gasteiger partial charge in [0.25, 0.3) is 0 Å². The van der Waals surface area contributed by atoms with Crippen LogP contribution in [0.4, 0.5) is 0 Å². The van der Waals surface area contributed by atoms with Crippen molar-refractivity contribution in [2.45, 2.75) is 66.4 Å². The van der Waals surface area contributed by atoms with Gasteiger partial charge < -0.3 is 9.84 Å². The summed E-state index contributed by atoms with van der Waals surface area (Å²) in [4.78, 5) is 0. The van der Waals surface area contributed by atoms with Crippen molar-refractivity contribution < 1.29 is 9.84 Å². The Balaban J connectivity index is 0.000000980. The second-order valence-electron chi connectivity index (χ2n) is 6.72. The van der Waals surface area contributed by atoms with Crippen molar-refractivity contribution in [3.8, 4) is 5.75 Å². The van der Waals surface area contributed by atoms with Gasteiger partial charge in [0.15, 0.2) is 0 Å². The van der Waals surface area contributed by atoms with E-state index in [1.807, 2.05) is 13.0 Å². The minimum Gasteiger partial charge on any atom is -0.496 e. The molecule has 0 aromatic heterocycles. The zero-order valence-corrected chi connectivity index (χ0v) is 15.4. The zero-order chi connectivity index (χ0) is 17.1. The second-order valence-corrected chi connectivity index (χ2v) is 6.72. The van der Waals surface area contributed by atoms with Crippen molar-refractivity contribution >= 4 is 6.08 Å². The Morgan fingerprint density at radius 3 is 2.14 bits per heavy atom. The maximum atomic E-state index is 9.21. The molecule has 1 aromatic rings. The Hall–Kier alpha value is -1.28. The lowest BCUT2D eigenvalue weighted by Crippen LogP contribution is -1.97. The number of ether oxygens (including phenoxy) is 1. The standard InChI is InChI=1S/C16H24O2.C4H10/c1-12(2)14-9-10-16(18-4)15(11-14)8-6-5-7-13(3)17;1-4(2)3/h6,8-13,17H,5,7H2,1-4H3;4H,1-3H3/b8-6+;/t13-;/m0./s1. The third-order valence-electron chi connectivity index (χ3n) is 2.97. The number of methoxy groups -OCH3 is 1. The number of allylic oxidation sites excluding steroid dienone is 1.